The van der Waals surface area contributed by atoms with Gasteiger partial charge in [0.25, 0.3) is 0 Å². The third-order valence-corrected chi connectivity index (χ3v) is 5.63. The first-order valence-electron chi connectivity index (χ1n) is 9.19. The molecule has 2 aliphatic heterocycles. The van der Waals surface area contributed by atoms with Gasteiger partial charge in [-0.2, -0.15) is 0 Å². The van der Waals surface area contributed by atoms with Crippen molar-refractivity contribution in [2.45, 2.75) is 52.7 Å². The molecule has 1 fully saturated rings. The lowest BCUT2D eigenvalue weighted by Crippen LogP contribution is -2.57. The lowest BCUT2D eigenvalue weighted by atomic mass is 10.2. The summed E-state index contributed by atoms with van der Waals surface area (Å²) >= 11 is 1.76. The number of aryl methyl sites for hydroxylation is 2. The third-order valence-electron chi connectivity index (χ3n) is 4.49. The molecule has 1 N–H and O–H groups in total. The molecule has 0 aliphatic carbocycles. The molecule has 1 atom stereocenters. The van der Waals surface area contributed by atoms with Crippen LogP contribution in [0.4, 0.5) is 4.79 Å². The molecule has 3 heterocycles. The number of nitrogens with zero attached hydrogens (tertiary/aromatic N) is 4. The molecule has 7 nitrogen and oxygen atoms in total. The number of nitrogens with one attached hydrogen (secondary N) is 1. The van der Waals surface area contributed by atoms with Crippen LogP contribution in [0.5, 0.6) is 0 Å². The lowest BCUT2D eigenvalue weighted by Gasteiger charge is -2.39. The Morgan fingerprint density at radius 2 is 2.07 bits per heavy atom. The van der Waals surface area contributed by atoms with E-state index in [1.807, 2.05) is 27.7 Å². The zero-order chi connectivity index (χ0) is 18.9. The highest BCUT2D eigenvalue weighted by atomic mass is 127. The van der Waals surface area contributed by atoms with E-state index in [9.17, 15) is 4.79 Å². The second kappa shape index (κ2) is 8.93. The first kappa shape index (κ1) is 22.2. The van der Waals surface area contributed by atoms with Crippen LogP contribution in [-0.4, -0.2) is 71.2 Å². The Bertz CT molecular complexity index is 700. The molecule has 1 aromatic heterocycles. The van der Waals surface area contributed by atoms with Gasteiger partial charge in [-0.1, -0.05) is 0 Å². The summed E-state index contributed by atoms with van der Waals surface area (Å²) in [6.45, 7) is 13.5. The van der Waals surface area contributed by atoms with Gasteiger partial charge in [0.1, 0.15) is 5.60 Å². The summed E-state index contributed by atoms with van der Waals surface area (Å²) in [5.74, 6) is 0.956. The van der Waals surface area contributed by atoms with Crippen LogP contribution in [0.3, 0.4) is 0 Å². The number of ether oxygens (including phenoxy) is 1. The van der Waals surface area contributed by atoms with Crippen molar-refractivity contribution in [2.75, 3.05) is 32.7 Å². The van der Waals surface area contributed by atoms with Crippen molar-refractivity contribution in [3.63, 3.8) is 0 Å². The van der Waals surface area contributed by atoms with Gasteiger partial charge < -0.3 is 19.9 Å². The number of guanidine groups is 1. The van der Waals surface area contributed by atoms with E-state index in [4.69, 9.17) is 4.74 Å². The molecule has 0 bridgehead atoms. The first-order chi connectivity index (χ1) is 12.2. The highest BCUT2D eigenvalue weighted by Gasteiger charge is 2.36. The van der Waals surface area contributed by atoms with Gasteiger partial charge in [-0.3, -0.25) is 4.99 Å². The molecular weight excluding hydrogens is 477 g/mol. The van der Waals surface area contributed by atoms with Crippen molar-refractivity contribution in [2.24, 2.45) is 4.99 Å². The Hall–Kier alpha value is -1.10. The number of carbonyl (C=O) groups is 1. The van der Waals surface area contributed by atoms with E-state index >= 15 is 0 Å². The largest absolute Gasteiger partial charge is 0.444 e. The summed E-state index contributed by atoms with van der Waals surface area (Å²) in [4.78, 5) is 26.8. The maximum atomic E-state index is 12.3. The van der Waals surface area contributed by atoms with E-state index in [1.165, 1.54) is 4.88 Å². The van der Waals surface area contributed by atoms with Crippen LogP contribution >= 0.6 is 35.3 Å². The number of amides is 1. The normalized spacial score (nSPS) is 19.3. The molecule has 3 rings (SSSR count). The number of piperazine rings is 1. The van der Waals surface area contributed by atoms with Crippen molar-refractivity contribution < 1.29 is 9.53 Å². The minimum atomic E-state index is -0.458. The fourth-order valence-electron chi connectivity index (χ4n) is 3.32. The maximum Gasteiger partial charge on any atom is 0.410 e. The number of aliphatic imine (C=N–C) groups is 1. The first-order valence-corrected chi connectivity index (χ1v) is 10.0. The Morgan fingerprint density at radius 3 is 2.70 bits per heavy atom. The van der Waals surface area contributed by atoms with Crippen LogP contribution in [0, 0.1) is 13.8 Å². The van der Waals surface area contributed by atoms with Gasteiger partial charge in [0.2, 0.25) is 0 Å². The molecule has 1 unspecified atom stereocenters. The lowest BCUT2D eigenvalue weighted by molar-refractivity contribution is 0.0137. The van der Waals surface area contributed by atoms with Gasteiger partial charge in [-0.15, -0.1) is 35.3 Å². The number of halogens is 1. The molecule has 27 heavy (non-hydrogen) atoms. The number of thiazole rings is 1. The van der Waals surface area contributed by atoms with E-state index in [1.54, 1.807) is 16.2 Å². The molecule has 0 radical (unpaired) electrons. The fourth-order valence-corrected chi connectivity index (χ4v) is 4.25. The van der Waals surface area contributed by atoms with Crippen LogP contribution in [0.1, 0.15) is 36.3 Å². The van der Waals surface area contributed by atoms with Crippen molar-refractivity contribution >= 4 is 47.4 Å². The van der Waals surface area contributed by atoms with Crippen molar-refractivity contribution in [3.8, 4) is 0 Å². The van der Waals surface area contributed by atoms with E-state index in [0.29, 0.717) is 13.1 Å². The van der Waals surface area contributed by atoms with Gasteiger partial charge in [0, 0.05) is 37.5 Å². The van der Waals surface area contributed by atoms with E-state index in [0.717, 1.165) is 42.7 Å². The van der Waals surface area contributed by atoms with Gasteiger partial charge in [-0.05, 0) is 34.6 Å². The number of hydrogen-bond acceptors (Lipinski definition) is 7. The van der Waals surface area contributed by atoms with Gasteiger partial charge in [0.05, 0.1) is 23.3 Å². The monoisotopic (exact) mass is 507 g/mol. The predicted octanol–water partition coefficient (Wildman–Crippen LogP) is 2.80. The van der Waals surface area contributed by atoms with Crippen LogP contribution < -0.4 is 5.32 Å². The molecule has 2 aliphatic rings. The van der Waals surface area contributed by atoms with Crippen LogP contribution in [0.15, 0.2) is 4.99 Å². The standard InChI is InChI=1S/C18H29N5O2S.HI/c1-12-15(26-13(2)21-12)6-7-19-16-20-10-14-11-22(8-9-23(14)16)17(24)25-18(3,4)5;/h14H,6-11H2,1-5H3,(H,19,20);1H. The zero-order valence-electron chi connectivity index (χ0n) is 16.7. The average molecular weight is 507 g/mol. The summed E-state index contributed by atoms with van der Waals surface area (Å²) in [6.07, 6.45) is 0.730. The summed E-state index contributed by atoms with van der Waals surface area (Å²) in [5, 5.41) is 4.59. The molecule has 0 aromatic carbocycles. The number of hydrogen-bond donors (Lipinski definition) is 1. The van der Waals surface area contributed by atoms with E-state index < -0.39 is 5.60 Å². The van der Waals surface area contributed by atoms with Gasteiger partial charge in [-0.25, -0.2) is 9.78 Å². The summed E-state index contributed by atoms with van der Waals surface area (Å²) in [6, 6.07) is 0.242. The number of carbonyl (C=O) groups excluding carboxylic acids is 1. The molecular formula is C18H30IN5O2S. The number of aromatic nitrogens is 1. The van der Waals surface area contributed by atoms with Crippen LogP contribution in [0.25, 0.3) is 0 Å². The van der Waals surface area contributed by atoms with Crippen molar-refractivity contribution in [3.05, 3.63) is 15.6 Å². The summed E-state index contributed by atoms with van der Waals surface area (Å²) < 4.78 is 5.49. The molecule has 1 amide bonds. The highest BCUT2D eigenvalue weighted by molar-refractivity contribution is 14.0. The molecule has 9 heteroatoms. The molecule has 1 saturated heterocycles. The highest BCUT2D eigenvalue weighted by Crippen LogP contribution is 2.20. The summed E-state index contributed by atoms with van der Waals surface area (Å²) in [5.41, 5.74) is 0.673. The minimum Gasteiger partial charge on any atom is -0.444 e. The minimum absolute atomic E-state index is 0. The van der Waals surface area contributed by atoms with E-state index in [2.05, 4.69) is 27.1 Å². The molecule has 0 saturated carbocycles. The Morgan fingerprint density at radius 1 is 1.33 bits per heavy atom. The number of rotatable bonds is 3. The fraction of sp³-hybridized carbons (Fsp3) is 0.722. The van der Waals surface area contributed by atoms with Gasteiger partial charge >= 0.3 is 6.09 Å². The summed E-state index contributed by atoms with van der Waals surface area (Å²) in [7, 11) is 0. The SMILES string of the molecule is Cc1nc(C)c(CCNC2=NCC3CN(C(=O)OC(C)(C)C)CCN23)s1.I. The Labute approximate surface area is 182 Å². The predicted molar refractivity (Wildman–Crippen MR) is 119 cm³/mol. The van der Waals surface area contributed by atoms with Crippen molar-refractivity contribution in [1.82, 2.24) is 20.1 Å². The topological polar surface area (TPSA) is 70.1 Å². The second-order valence-corrected chi connectivity index (χ2v) is 9.14. The zero-order valence-corrected chi connectivity index (χ0v) is 19.9. The quantitative estimate of drug-likeness (QED) is 0.638. The van der Waals surface area contributed by atoms with Crippen molar-refractivity contribution in [1.29, 1.82) is 0 Å². The smallest absolute Gasteiger partial charge is 0.410 e. The molecule has 0 spiro atoms. The number of fused-ring (bicyclic) bond motifs is 1. The van der Waals surface area contributed by atoms with E-state index in [-0.39, 0.29) is 36.1 Å². The van der Waals surface area contributed by atoms with Gasteiger partial charge in [0.15, 0.2) is 5.96 Å². The molecule has 152 valence electrons. The maximum absolute atomic E-state index is 12.3. The van der Waals surface area contributed by atoms with Crippen LogP contribution in [0.2, 0.25) is 0 Å². The average Bonchev–Trinajstić information content (AvgIpc) is 3.08. The second-order valence-electron chi connectivity index (χ2n) is 7.86. The Balaban J connectivity index is 0.00000261. The van der Waals surface area contributed by atoms with Crippen LogP contribution in [-0.2, 0) is 11.2 Å². The Kier molecular flexibility index (Phi) is 7.34. The third kappa shape index (κ3) is 5.69. The molecule has 1 aromatic rings.